The highest BCUT2D eigenvalue weighted by Gasteiger charge is 2.01. The standard InChI is InChI=1S/C10H14ClNO2/c1-7(13)6-12-8-3-4-10(14-2)9(11)5-8/h3-5,7,12-13H,6H2,1-2H3/t7-/m1/s1. The summed E-state index contributed by atoms with van der Waals surface area (Å²) >= 11 is 5.92. The van der Waals surface area contributed by atoms with Gasteiger partial charge in [-0.3, -0.25) is 0 Å². The van der Waals surface area contributed by atoms with Gasteiger partial charge in [0.15, 0.2) is 0 Å². The Bertz CT molecular complexity index is 302. The molecule has 0 saturated carbocycles. The summed E-state index contributed by atoms with van der Waals surface area (Å²) in [6.45, 7) is 2.22. The summed E-state index contributed by atoms with van der Waals surface area (Å²) in [7, 11) is 1.57. The fraction of sp³-hybridized carbons (Fsp3) is 0.400. The van der Waals surface area contributed by atoms with Gasteiger partial charge in [-0.25, -0.2) is 0 Å². The smallest absolute Gasteiger partial charge is 0.137 e. The van der Waals surface area contributed by atoms with Gasteiger partial charge in [-0.2, -0.15) is 0 Å². The summed E-state index contributed by atoms with van der Waals surface area (Å²) in [6.07, 6.45) is -0.379. The minimum absolute atomic E-state index is 0.379. The van der Waals surface area contributed by atoms with Crippen molar-refractivity contribution in [1.29, 1.82) is 0 Å². The molecule has 0 fully saturated rings. The minimum atomic E-state index is -0.379. The Balaban J connectivity index is 2.66. The predicted octanol–water partition coefficient (Wildman–Crippen LogP) is 2.14. The molecule has 4 heteroatoms. The number of aliphatic hydroxyl groups is 1. The number of rotatable bonds is 4. The van der Waals surface area contributed by atoms with Crippen LogP contribution in [-0.2, 0) is 0 Å². The van der Waals surface area contributed by atoms with E-state index >= 15 is 0 Å². The lowest BCUT2D eigenvalue weighted by Gasteiger charge is -2.10. The van der Waals surface area contributed by atoms with Crippen LogP contribution in [-0.4, -0.2) is 24.9 Å². The number of benzene rings is 1. The van der Waals surface area contributed by atoms with E-state index in [4.69, 9.17) is 21.4 Å². The third kappa shape index (κ3) is 3.09. The van der Waals surface area contributed by atoms with Gasteiger partial charge < -0.3 is 15.2 Å². The van der Waals surface area contributed by atoms with Gasteiger partial charge in [-0.1, -0.05) is 11.6 Å². The molecule has 0 amide bonds. The Kier molecular flexibility index (Phi) is 4.04. The molecule has 1 aromatic rings. The summed E-state index contributed by atoms with van der Waals surface area (Å²) in [6, 6.07) is 5.41. The fourth-order valence-electron chi connectivity index (χ4n) is 1.04. The number of ether oxygens (including phenoxy) is 1. The normalized spacial score (nSPS) is 12.3. The molecule has 1 aromatic carbocycles. The SMILES string of the molecule is COc1ccc(NC[C@@H](C)O)cc1Cl. The maximum Gasteiger partial charge on any atom is 0.137 e. The lowest BCUT2D eigenvalue weighted by molar-refractivity contribution is 0.208. The molecule has 0 heterocycles. The number of hydrogen-bond donors (Lipinski definition) is 2. The van der Waals surface area contributed by atoms with Crippen molar-refractivity contribution in [1.82, 2.24) is 0 Å². The Morgan fingerprint density at radius 3 is 2.79 bits per heavy atom. The average Bonchev–Trinajstić information content (AvgIpc) is 2.15. The van der Waals surface area contributed by atoms with Gasteiger partial charge in [-0.15, -0.1) is 0 Å². The highest BCUT2D eigenvalue weighted by molar-refractivity contribution is 6.32. The summed E-state index contributed by atoms with van der Waals surface area (Å²) in [4.78, 5) is 0. The van der Waals surface area contributed by atoms with E-state index in [1.807, 2.05) is 6.07 Å². The van der Waals surface area contributed by atoms with Gasteiger partial charge in [0.25, 0.3) is 0 Å². The van der Waals surface area contributed by atoms with Crippen LogP contribution in [0.15, 0.2) is 18.2 Å². The van der Waals surface area contributed by atoms with Crippen molar-refractivity contribution in [3.8, 4) is 5.75 Å². The van der Waals surface area contributed by atoms with E-state index < -0.39 is 0 Å². The number of nitrogens with one attached hydrogen (secondary N) is 1. The molecule has 0 saturated heterocycles. The molecule has 0 aromatic heterocycles. The summed E-state index contributed by atoms with van der Waals surface area (Å²) in [5, 5.41) is 12.7. The fourth-order valence-corrected chi connectivity index (χ4v) is 1.30. The first-order chi connectivity index (χ1) is 6.63. The second-order valence-electron chi connectivity index (χ2n) is 3.08. The Hall–Kier alpha value is -0.930. The molecule has 0 aliphatic rings. The van der Waals surface area contributed by atoms with Crippen molar-refractivity contribution in [3.63, 3.8) is 0 Å². The van der Waals surface area contributed by atoms with Crippen LogP contribution in [0, 0.1) is 0 Å². The first kappa shape index (κ1) is 11.1. The van der Waals surface area contributed by atoms with Gasteiger partial charge in [0.1, 0.15) is 5.75 Å². The molecule has 0 spiro atoms. The van der Waals surface area contributed by atoms with Crippen molar-refractivity contribution in [3.05, 3.63) is 23.2 Å². The van der Waals surface area contributed by atoms with Crippen LogP contribution < -0.4 is 10.1 Å². The maximum atomic E-state index is 9.06. The number of aliphatic hydroxyl groups excluding tert-OH is 1. The van der Waals surface area contributed by atoms with Crippen molar-refractivity contribution in [2.45, 2.75) is 13.0 Å². The van der Waals surface area contributed by atoms with Gasteiger partial charge in [0, 0.05) is 12.2 Å². The molecule has 3 nitrogen and oxygen atoms in total. The van der Waals surface area contributed by atoms with Crippen molar-refractivity contribution < 1.29 is 9.84 Å². The second kappa shape index (κ2) is 5.08. The molecule has 78 valence electrons. The molecular weight excluding hydrogens is 202 g/mol. The Labute approximate surface area is 88.7 Å². The lowest BCUT2D eigenvalue weighted by atomic mass is 10.3. The van der Waals surface area contributed by atoms with Crippen LogP contribution in [0.5, 0.6) is 5.75 Å². The van der Waals surface area contributed by atoms with Crippen molar-refractivity contribution in [2.24, 2.45) is 0 Å². The molecule has 0 aliphatic carbocycles. The van der Waals surface area contributed by atoms with Crippen LogP contribution in [0.1, 0.15) is 6.92 Å². The highest BCUT2D eigenvalue weighted by Crippen LogP contribution is 2.26. The lowest BCUT2D eigenvalue weighted by Crippen LogP contribution is -2.15. The predicted molar refractivity (Wildman–Crippen MR) is 58.2 cm³/mol. The number of methoxy groups -OCH3 is 1. The third-order valence-corrected chi connectivity index (χ3v) is 2.05. The van der Waals surface area contributed by atoms with E-state index in [-0.39, 0.29) is 6.10 Å². The quantitative estimate of drug-likeness (QED) is 0.809. The Morgan fingerprint density at radius 1 is 1.57 bits per heavy atom. The van der Waals surface area contributed by atoms with Crippen LogP contribution in [0.2, 0.25) is 5.02 Å². The molecule has 14 heavy (non-hydrogen) atoms. The monoisotopic (exact) mass is 215 g/mol. The zero-order valence-electron chi connectivity index (χ0n) is 8.25. The van der Waals surface area contributed by atoms with E-state index in [9.17, 15) is 0 Å². The van der Waals surface area contributed by atoms with E-state index in [1.54, 1.807) is 26.2 Å². The van der Waals surface area contributed by atoms with Gasteiger partial charge >= 0.3 is 0 Å². The van der Waals surface area contributed by atoms with Gasteiger partial charge in [0.05, 0.1) is 18.2 Å². The molecule has 0 unspecified atom stereocenters. The average molecular weight is 216 g/mol. The van der Waals surface area contributed by atoms with Crippen LogP contribution in [0.25, 0.3) is 0 Å². The largest absolute Gasteiger partial charge is 0.495 e. The molecule has 1 rings (SSSR count). The van der Waals surface area contributed by atoms with E-state index in [0.717, 1.165) is 5.69 Å². The first-order valence-corrected chi connectivity index (χ1v) is 4.76. The minimum Gasteiger partial charge on any atom is -0.495 e. The Morgan fingerprint density at radius 2 is 2.29 bits per heavy atom. The molecule has 2 N–H and O–H groups in total. The number of halogens is 1. The molecule has 0 radical (unpaired) electrons. The first-order valence-electron chi connectivity index (χ1n) is 4.39. The van der Waals surface area contributed by atoms with Gasteiger partial charge in [-0.05, 0) is 25.1 Å². The van der Waals surface area contributed by atoms with E-state index in [2.05, 4.69) is 5.32 Å². The molecule has 0 bridgehead atoms. The van der Waals surface area contributed by atoms with Crippen LogP contribution >= 0.6 is 11.6 Å². The molecular formula is C10H14ClNO2. The zero-order valence-corrected chi connectivity index (χ0v) is 9.01. The van der Waals surface area contributed by atoms with E-state index in [0.29, 0.717) is 17.3 Å². The second-order valence-corrected chi connectivity index (χ2v) is 3.49. The summed E-state index contributed by atoms with van der Waals surface area (Å²) < 4.78 is 5.02. The van der Waals surface area contributed by atoms with E-state index in [1.165, 1.54) is 0 Å². The summed E-state index contributed by atoms with van der Waals surface area (Å²) in [5.74, 6) is 0.647. The number of anilines is 1. The van der Waals surface area contributed by atoms with Gasteiger partial charge in [0.2, 0.25) is 0 Å². The molecule has 1 atom stereocenters. The molecule has 0 aliphatic heterocycles. The highest BCUT2D eigenvalue weighted by atomic mass is 35.5. The van der Waals surface area contributed by atoms with Crippen LogP contribution in [0.4, 0.5) is 5.69 Å². The maximum absolute atomic E-state index is 9.06. The zero-order chi connectivity index (χ0) is 10.6. The summed E-state index contributed by atoms with van der Waals surface area (Å²) in [5.41, 5.74) is 0.872. The van der Waals surface area contributed by atoms with Crippen LogP contribution in [0.3, 0.4) is 0 Å². The third-order valence-electron chi connectivity index (χ3n) is 1.75. The van der Waals surface area contributed by atoms with Crippen molar-refractivity contribution >= 4 is 17.3 Å². The topological polar surface area (TPSA) is 41.5 Å². The number of hydrogen-bond acceptors (Lipinski definition) is 3. The van der Waals surface area contributed by atoms with Crippen molar-refractivity contribution in [2.75, 3.05) is 19.0 Å².